The van der Waals surface area contributed by atoms with Gasteiger partial charge in [0.25, 0.3) is 0 Å². The van der Waals surface area contributed by atoms with Crippen LogP contribution in [0.15, 0.2) is 24.3 Å². The number of aryl methyl sites for hydroxylation is 2. The molecule has 25 heavy (non-hydrogen) atoms. The molecule has 1 aliphatic rings. The first kappa shape index (κ1) is 17.4. The first-order valence-corrected chi connectivity index (χ1v) is 8.49. The molecule has 1 saturated heterocycles. The Kier molecular flexibility index (Phi) is 5.64. The summed E-state index contributed by atoms with van der Waals surface area (Å²) in [6.07, 6.45) is 0.114. The van der Waals surface area contributed by atoms with Gasteiger partial charge in [-0.15, -0.1) is 0 Å². The third-order valence-corrected chi connectivity index (χ3v) is 4.22. The highest BCUT2D eigenvalue weighted by Crippen LogP contribution is 2.12. The molecular formula is C18H23N5O2. The molecule has 0 bridgehead atoms. The van der Waals surface area contributed by atoms with Gasteiger partial charge in [-0.05, 0) is 38.1 Å². The fourth-order valence-corrected chi connectivity index (χ4v) is 2.94. The molecule has 1 aromatic carbocycles. The molecular weight excluding hydrogens is 318 g/mol. The zero-order valence-electron chi connectivity index (χ0n) is 14.7. The van der Waals surface area contributed by atoms with Crippen molar-refractivity contribution in [2.45, 2.75) is 26.5 Å². The molecule has 1 aliphatic heterocycles. The molecule has 2 heterocycles. The average molecular weight is 341 g/mol. The fraction of sp³-hybridized carbons (Fsp3) is 0.500. The largest absolute Gasteiger partial charge is 0.492 e. The highest BCUT2D eigenvalue weighted by molar-refractivity contribution is 5.34. The third-order valence-electron chi connectivity index (χ3n) is 4.22. The summed E-state index contributed by atoms with van der Waals surface area (Å²) in [5.41, 5.74) is 0.641. The minimum atomic E-state index is 0.114. The summed E-state index contributed by atoms with van der Waals surface area (Å²) >= 11 is 0. The molecule has 1 unspecified atom stereocenters. The SMILES string of the molecule is Cc1nc(C)n(CC2CN(CCOc3ccc(C#N)cc3)CCO2)n1. The second-order valence-electron chi connectivity index (χ2n) is 6.17. The summed E-state index contributed by atoms with van der Waals surface area (Å²) in [5.74, 6) is 2.50. The predicted octanol–water partition coefficient (Wildman–Crippen LogP) is 1.55. The number of morpholine rings is 1. The van der Waals surface area contributed by atoms with Gasteiger partial charge in [0, 0.05) is 19.6 Å². The lowest BCUT2D eigenvalue weighted by molar-refractivity contribution is -0.0404. The van der Waals surface area contributed by atoms with Gasteiger partial charge in [-0.2, -0.15) is 10.4 Å². The van der Waals surface area contributed by atoms with Crippen LogP contribution in [0.4, 0.5) is 0 Å². The molecule has 7 nitrogen and oxygen atoms in total. The molecule has 0 N–H and O–H groups in total. The molecule has 1 fully saturated rings. The topological polar surface area (TPSA) is 76.2 Å². The van der Waals surface area contributed by atoms with Gasteiger partial charge >= 0.3 is 0 Å². The average Bonchev–Trinajstić information content (AvgIpc) is 2.93. The van der Waals surface area contributed by atoms with E-state index in [0.29, 0.717) is 18.8 Å². The molecule has 7 heteroatoms. The Labute approximate surface area is 147 Å². The smallest absolute Gasteiger partial charge is 0.147 e. The van der Waals surface area contributed by atoms with E-state index in [2.05, 4.69) is 21.1 Å². The number of hydrogen-bond acceptors (Lipinski definition) is 6. The van der Waals surface area contributed by atoms with E-state index in [-0.39, 0.29) is 6.10 Å². The molecule has 2 aromatic rings. The number of aromatic nitrogens is 3. The van der Waals surface area contributed by atoms with Crippen LogP contribution < -0.4 is 4.74 Å². The molecule has 0 radical (unpaired) electrons. The molecule has 0 aliphatic carbocycles. The highest BCUT2D eigenvalue weighted by Gasteiger charge is 2.21. The van der Waals surface area contributed by atoms with Gasteiger partial charge in [0.05, 0.1) is 30.9 Å². The first-order valence-electron chi connectivity index (χ1n) is 8.49. The maximum atomic E-state index is 8.80. The van der Waals surface area contributed by atoms with E-state index in [9.17, 15) is 0 Å². The minimum absolute atomic E-state index is 0.114. The van der Waals surface area contributed by atoms with Gasteiger partial charge in [-0.1, -0.05) is 0 Å². The Bertz CT molecular complexity index is 735. The van der Waals surface area contributed by atoms with E-state index in [1.807, 2.05) is 30.7 Å². The standard InChI is InChI=1S/C18H23N5O2/c1-14-20-15(2)23(21-14)13-18-12-22(8-10-25-18)7-9-24-17-5-3-16(11-19)4-6-17/h3-6,18H,7-10,12-13H2,1-2H3. The predicted molar refractivity (Wildman–Crippen MR) is 92.3 cm³/mol. The summed E-state index contributed by atoms with van der Waals surface area (Å²) in [6.45, 7) is 8.52. The Morgan fingerprint density at radius 2 is 2.12 bits per heavy atom. The van der Waals surface area contributed by atoms with E-state index in [1.54, 1.807) is 12.1 Å². The summed E-state index contributed by atoms with van der Waals surface area (Å²) in [5, 5.41) is 13.2. The van der Waals surface area contributed by atoms with Crippen molar-refractivity contribution in [3.8, 4) is 11.8 Å². The van der Waals surface area contributed by atoms with Gasteiger partial charge in [-0.25, -0.2) is 9.67 Å². The monoisotopic (exact) mass is 341 g/mol. The fourth-order valence-electron chi connectivity index (χ4n) is 2.94. The number of benzene rings is 1. The number of ether oxygens (including phenoxy) is 2. The van der Waals surface area contributed by atoms with E-state index in [4.69, 9.17) is 14.7 Å². The van der Waals surface area contributed by atoms with Crippen LogP contribution in [0.2, 0.25) is 0 Å². The lowest BCUT2D eigenvalue weighted by Crippen LogP contribution is -2.45. The lowest BCUT2D eigenvalue weighted by Gasteiger charge is -2.32. The summed E-state index contributed by atoms with van der Waals surface area (Å²) in [7, 11) is 0. The summed E-state index contributed by atoms with van der Waals surface area (Å²) in [6, 6.07) is 9.30. The Balaban J connectivity index is 1.45. The van der Waals surface area contributed by atoms with Crippen LogP contribution in [0.25, 0.3) is 0 Å². The Hall–Kier alpha value is -2.43. The molecule has 0 amide bonds. The van der Waals surface area contributed by atoms with Gasteiger partial charge < -0.3 is 9.47 Å². The van der Waals surface area contributed by atoms with Crippen molar-refractivity contribution in [2.24, 2.45) is 0 Å². The van der Waals surface area contributed by atoms with Crippen LogP contribution in [-0.4, -0.2) is 58.6 Å². The maximum Gasteiger partial charge on any atom is 0.147 e. The summed E-state index contributed by atoms with van der Waals surface area (Å²) in [4.78, 5) is 6.68. The quantitative estimate of drug-likeness (QED) is 0.793. The molecule has 3 rings (SSSR count). The Morgan fingerprint density at radius 1 is 1.32 bits per heavy atom. The van der Waals surface area contributed by atoms with Crippen molar-refractivity contribution in [3.63, 3.8) is 0 Å². The van der Waals surface area contributed by atoms with Crippen LogP contribution >= 0.6 is 0 Å². The van der Waals surface area contributed by atoms with Crippen LogP contribution in [0.5, 0.6) is 5.75 Å². The highest BCUT2D eigenvalue weighted by atomic mass is 16.5. The first-order chi connectivity index (χ1) is 12.1. The van der Waals surface area contributed by atoms with Crippen molar-refractivity contribution in [2.75, 3.05) is 32.8 Å². The van der Waals surface area contributed by atoms with Gasteiger partial charge in [0.15, 0.2) is 0 Å². The molecule has 1 atom stereocenters. The number of nitrogens with zero attached hydrogens (tertiary/aromatic N) is 5. The van der Waals surface area contributed by atoms with Gasteiger partial charge in [0.1, 0.15) is 24.0 Å². The molecule has 132 valence electrons. The lowest BCUT2D eigenvalue weighted by atomic mass is 10.2. The second-order valence-corrected chi connectivity index (χ2v) is 6.17. The molecule has 0 saturated carbocycles. The van der Waals surface area contributed by atoms with Crippen molar-refractivity contribution in [1.82, 2.24) is 19.7 Å². The van der Waals surface area contributed by atoms with Gasteiger partial charge in [-0.3, -0.25) is 4.90 Å². The Morgan fingerprint density at radius 3 is 2.80 bits per heavy atom. The van der Waals surface area contributed by atoms with Crippen LogP contribution in [-0.2, 0) is 11.3 Å². The third kappa shape index (κ3) is 4.78. The van der Waals surface area contributed by atoms with Crippen molar-refractivity contribution < 1.29 is 9.47 Å². The maximum absolute atomic E-state index is 8.80. The zero-order chi connectivity index (χ0) is 17.6. The van der Waals surface area contributed by atoms with Crippen molar-refractivity contribution in [1.29, 1.82) is 5.26 Å². The molecule has 0 spiro atoms. The number of hydrogen-bond donors (Lipinski definition) is 0. The summed E-state index contributed by atoms with van der Waals surface area (Å²) < 4.78 is 13.5. The molecule has 1 aromatic heterocycles. The second kappa shape index (κ2) is 8.10. The van der Waals surface area contributed by atoms with Crippen LogP contribution in [0.1, 0.15) is 17.2 Å². The van der Waals surface area contributed by atoms with E-state index in [1.165, 1.54) is 0 Å². The van der Waals surface area contributed by atoms with Crippen molar-refractivity contribution >= 4 is 0 Å². The van der Waals surface area contributed by atoms with Crippen molar-refractivity contribution in [3.05, 3.63) is 41.5 Å². The zero-order valence-corrected chi connectivity index (χ0v) is 14.7. The van der Waals surface area contributed by atoms with Gasteiger partial charge in [0.2, 0.25) is 0 Å². The van der Waals surface area contributed by atoms with E-state index < -0.39 is 0 Å². The van der Waals surface area contributed by atoms with Crippen LogP contribution in [0.3, 0.4) is 0 Å². The van der Waals surface area contributed by atoms with E-state index >= 15 is 0 Å². The van der Waals surface area contributed by atoms with E-state index in [0.717, 1.165) is 43.6 Å². The minimum Gasteiger partial charge on any atom is -0.492 e. The van der Waals surface area contributed by atoms with Crippen LogP contribution in [0, 0.1) is 25.2 Å². The number of rotatable bonds is 6. The normalized spacial score (nSPS) is 18.0. The number of nitriles is 1.